The summed E-state index contributed by atoms with van der Waals surface area (Å²) in [5.41, 5.74) is 0.163. The minimum atomic E-state index is -0.877. The Morgan fingerprint density at radius 3 is 2.52 bits per heavy atom. The van der Waals surface area contributed by atoms with Gasteiger partial charge in [-0.15, -0.1) is 0 Å². The van der Waals surface area contributed by atoms with Gasteiger partial charge in [-0.25, -0.2) is 4.79 Å². The van der Waals surface area contributed by atoms with Crippen molar-refractivity contribution in [3.8, 4) is 11.5 Å². The quantitative estimate of drug-likeness (QED) is 0.676. The topological polar surface area (TPSA) is 74.3 Å². The van der Waals surface area contributed by atoms with E-state index in [1.807, 2.05) is 25.1 Å². The predicted molar refractivity (Wildman–Crippen MR) is 99.9 cm³/mol. The van der Waals surface area contributed by atoms with Crippen LogP contribution < -0.4 is 9.47 Å². The number of amides is 1. The Morgan fingerprint density at radius 2 is 1.85 bits per heavy atom. The number of carbonyl (C=O) groups excluding carboxylic acids is 2. The van der Waals surface area contributed by atoms with E-state index in [-0.39, 0.29) is 31.3 Å². The van der Waals surface area contributed by atoms with Gasteiger partial charge in [0.2, 0.25) is 6.79 Å². The van der Waals surface area contributed by atoms with Gasteiger partial charge < -0.3 is 23.8 Å². The van der Waals surface area contributed by atoms with Crippen molar-refractivity contribution in [1.82, 2.24) is 4.90 Å². The molecular formula is C20H29NO6. The summed E-state index contributed by atoms with van der Waals surface area (Å²) in [6.07, 6.45) is 0.186. The number of esters is 1. The molecule has 0 radical (unpaired) electrons. The number of ether oxygens (including phenoxy) is 4. The van der Waals surface area contributed by atoms with Crippen LogP contribution in [0.2, 0.25) is 0 Å². The molecule has 0 N–H and O–H groups in total. The zero-order valence-electron chi connectivity index (χ0n) is 16.9. The molecule has 1 aliphatic heterocycles. The number of nitrogens with zero attached hydrogens (tertiary/aromatic N) is 1. The molecule has 0 fully saturated rings. The van der Waals surface area contributed by atoms with Gasteiger partial charge in [0.25, 0.3) is 0 Å². The largest absolute Gasteiger partial charge is 0.456 e. The first-order valence-corrected chi connectivity index (χ1v) is 9.10. The van der Waals surface area contributed by atoms with Gasteiger partial charge in [0.15, 0.2) is 11.5 Å². The molecule has 1 aliphatic rings. The number of carbonyl (C=O) groups is 2. The van der Waals surface area contributed by atoms with E-state index in [9.17, 15) is 9.59 Å². The minimum Gasteiger partial charge on any atom is -0.456 e. The summed E-state index contributed by atoms with van der Waals surface area (Å²) >= 11 is 0. The monoisotopic (exact) mass is 379 g/mol. The lowest BCUT2D eigenvalue weighted by molar-refractivity contribution is -0.164. The second kappa shape index (κ2) is 8.50. The van der Waals surface area contributed by atoms with Crippen LogP contribution in [0.15, 0.2) is 18.2 Å². The molecule has 27 heavy (non-hydrogen) atoms. The van der Waals surface area contributed by atoms with E-state index < -0.39 is 11.7 Å². The highest BCUT2D eigenvalue weighted by molar-refractivity contribution is 5.72. The van der Waals surface area contributed by atoms with Crippen LogP contribution in [0, 0.1) is 5.92 Å². The lowest BCUT2D eigenvalue weighted by atomic mass is 10.1. The van der Waals surface area contributed by atoms with Crippen molar-refractivity contribution >= 4 is 12.1 Å². The Kier molecular flexibility index (Phi) is 6.57. The maximum atomic E-state index is 12.3. The smallest absolute Gasteiger partial charge is 0.409 e. The summed E-state index contributed by atoms with van der Waals surface area (Å²) in [6, 6.07) is 5.66. The minimum absolute atomic E-state index is 0.00855. The Bertz CT molecular complexity index is 685. The fourth-order valence-electron chi connectivity index (χ4n) is 2.48. The van der Waals surface area contributed by atoms with E-state index in [1.165, 1.54) is 4.90 Å². The van der Waals surface area contributed by atoms with Crippen molar-refractivity contribution in [3.05, 3.63) is 23.8 Å². The molecule has 7 nitrogen and oxygen atoms in total. The third-order valence-corrected chi connectivity index (χ3v) is 4.31. The number of benzene rings is 1. The normalized spacial score (nSPS) is 14.0. The fourth-order valence-corrected chi connectivity index (χ4v) is 2.48. The Morgan fingerprint density at radius 1 is 1.19 bits per heavy atom. The van der Waals surface area contributed by atoms with Gasteiger partial charge in [-0.05, 0) is 44.9 Å². The molecule has 0 aromatic heterocycles. The van der Waals surface area contributed by atoms with E-state index in [4.69, 9.17) is 18.9 Å². The van der Waals surface area contributed by atoms with Gasteiger partial charge in [0, 0.05) is 13.1 Å². The molecule has 0 spiro atoms. The number of hydrogen-bond acceptors (Lipinski definition) is 6. The average Bonchev–Trinajstić information content (AvgIpc) is 3.06. The van der Waals surface area contributed by atoms with E-state index >= 15 is 0 Å². The van der Waals surface area contributed by atoms with Gasteiger partial charge in [-0.1, -0.05) is 19.9 Å². The van der Waals surface area contributed by atoms with Crippen molar-refractivity contribution in [3.63, 3.8) is 0 Å². The first-order chi connectivity index (χ1) is 12.6. The molecule has 1 amide bonds. The van der Waals surface area contributed by atoms with Gasteiger partial charge in [0.05, 0.1) is 5.92 Å². The number of rotatable bonds is 7. The fraction of sp³-hybridized carbons (Fsp3) is 0.600. The van der Waals surface area contributed by atoms with E-state index in [1.54, 1.807) is 34.7 Å². The van der Waals surface area contributed by atoms with Gasteiger partial charge in [-0.3, -0.25) is 4.79 Å². The summed E-state index contributed by atoms with van der Waals surface area (Å²) < 4.78 is 21.4. The van der Waals surface area contributed by atoms with Crippen molar-refractivity contribution in [2.45, 2.75) is 52.7 Å². The second-order valence-corrected chi connectivity index (χ2v) is 7.74. The Hall–Kier alpha value is -2.44. The van der Waals surface area contributed by atoms with Crippen LogP contribution in [0.3, 0.4) is 0 Å². The highest BCUT2D eigenvalue weighted by Gasteiger charge is 2.28. The summed E-state index contributed by atoms with van der Waals surface area (Å²) in [7, 11) is 1.69. The van der Waals surface area contributed by atoms with Gasteiger partial charge in [0.1, 0.15) is 12.2 Å². The van der Waals surface area contributed by atoms with Crippen molar-refractivity contribution < 1.29 is 28.5 Å². The summed E-state index contributed by atoms with van der Waals surface area (Å²) in [5, 5.41) is 0. The third-order valence-electron chi connectivity index (χ3n) is 4.31. The van der Waals surface area contributed by atoms with Crippen LogP contribution in [0.4, 0.5) is 4.79 Å². The average molecular weight is 379 g/mol. The van der Waals surface area contributed by atoms with Crippen LogP contribution in [-0.2, 0) is 20.7 Å². The summed E-state index contributed by atoms with van der Waals surface area (Å²) in [6.45, 7) is 9.12. The lowest BCUT2D eigenvalue weighted by Crippen LogP contribution is -2.41. The zero-order chi connectivity index (χ0) is 20.2. The molecule has 7 heteroatoms. The molecule has 1 unspecified atom stereocenters. The number of hydrogen-bond donors (Lipinski definition) is 0. The Labute approximate surface area is 160 Å². The molecule has 1 aromatic rings. The van der Waals surface area contributed by atoms with Crippen molar-refractivity contribution in [1.29, 1.82) is 0 Å². The molecule has 150 valence electrons. The van der Waals surface area contributed by atoms with Crippen LogP contribution in [-0.4, -0.2) is 49.1 Å². The number of fused-ring (bicyclic) bond motifs is 1. The van der Waals surface area contributed by atoms with E-state index in [0.29, 0.717) is 6.42 Å². The lowest BCUT2D eigenvalue weighted by Gasteiger charge is -2.29. The number of likely N-dealkylation sites (N-methyl/N-ethyl adjacent to an activating group) is 1. The molecule has 0 saturated carbocycles. The van der Waals surface area contributed by atoms with Gasteiger partial charge >= 0.3 is 12.1 Å². The first-order valence-electron chi connectivity index (χ1n) is 9.10. The second-order valence-electron chi connectivity index (χ2n) is 7.74. The molecule has 1 atom stereocenters. The van der Waals surface area contributed by atoms with E-state index in [0.717, 1.165) is 17.1 Å². The van der Waals surface area contributed by atoms with Gasteiger partial charge in [-0.2, -0.15) is 0 Å². The van der Waals surface area contributed by atoms with Crippen LogP contribution in [0.5, 0.6) is 11.5 Å². The highest BCUT2D eigenvalue weighted by Crippen LogP contribution is 2.33. The molecule has 0 saturated heterocycles. The van der Waals surface area contributed by atoms with Crippen LogP contribution >= 0.6 is 0 Å². The Balaban J connectivity index is 1.85. The predicted octanol–water partition coefficient (Wildman–Crippen LogP) is 3.39. The molecule has 1 heterocycles. The van der Waals surface area contributed by atoms with Crippen LogP contribution in [0.25, 0.3) is 0 Å². The molecule has 1 aromatic carbocycles. The standard InChI is InChI=1S/C20H29NO6/c1-13(2)18(22)27-20(4,5)11-24-19(23)21(6)14(3)9-15-7-8-16-17(10-15)26-12-25-16/h7-8,10,13-14H,9,11-12H2,1-6H3. The van der Waals surface area contributed by atoms with E-state index in [2.05, 4.69) is 0 Å². The summed E-state index contributed by atoms with van der Waals surface area (Å²) in [5.74, 6) is 0.904. The molecular weight excluding hydrogens is 350 g/mol. The zero-order valence-corrected chi connectivity index (χ0v) is 16.9. The third kappa shape index (κ3) is 5.77. The maximum absolute atomic E-state index is 12.3. The van der Waals surface area contributed by atoms with Crippen molar-refractivity contribution in [2.24, 2.45) is 5.92 Å². The molecule has 0 aliphatic carbocycles. The maximum Gasteiger partial charge on any atom is 0.409 e. The highest BCUT2D eigenvalue weighted by atomic mass is 16.7. The van der Waals surface area contributed by atoms with Crippen LogP contribution in [0.1, 0.15) is 40.2 Å². The SMILES string of the molecule is CC(C)C(=O)OC(C)(C)COC(=O)N(C)C(C)Cc1ccc2c(c1)OCO2. The molecule has 0 bridgehead atoms. The van der Waals surface area contributed by atoms with Crippen molar-refractivity contribution in [2.75, 3.05) is 20.4 Å². The molecule has 2 rings (SSSR count). The first kappa shape index (κ1) is 20.9. The summed E-state index contributed by atoms with van der Waals surface area (Å²) in [4.78, 5) is 25.6.